The van der Waals surface area contributed by atoms with Gasteiger partial charge in [-0.25, -0.2) is 0 Å². The van der Waals surface area contributed by atoms with Crippen LogP contribution < -0.4 is 0 Å². The Morgan fingerprint density at radius 3 is 2.42 bits per heavy atom. The summed E-state index contributed by atoms with van der Waals surface area (Å²) in [5.41, 5.74) is 3.36. The Kier molecular flexibility index (Phi) is 2.52. The lowest BCUT2D eigenvalue weighted by Gasteiger charge is -2.31. The number of nitrogens with zero attached hydrogens (tertiary/aromatic N) is 1. The lowest BCUT2D eigenvalue weighted by atomic mass is 9.97. The Morgan fingerprint density at radius 2 is 1.89 bits per heavy atom. The summed E-state index contributed by atoms with van der Waals surface area (Å²) < 4.78 is 6.36. The fourth-order valence-corrected chi connectivity index (χ4v) is 4.72. The summed E-state index contributed by atoms with van der Waals surface area (Å²) in [6.07, 6.45) is 3.28. The number of fused-ring (bicyclic) bond motifs is 2. The quantitative estimate of drug-likeness (QED) is 0.762. The molecule has 1 fully saturated rings. The standard InChI is InChI=1S/C16H21NOSi/c1-12-5-6-13-14(9-12)15(7-8-15)10-16(13,11-17)18-19(2,3)4/h5-6,9H,7-8,10H2,1-4H3. The summed E-state index contributed by atoms with van der Waals surface area (Å²) in [7, 11) is -1.75. The second-order valence-electron chi connectivity index (χ2n) is 7.16. The predicted molar refractivity (Wildman–Crippen MR) is 78.4 cm³/mol. The molecular weight excluding hydrogens is 250 g/mol. The Balaban J connectivity index is 2.14. The molecule has 19 heavy (non-hydrogen) atoms. The highest BCUT2D eigenvalue weighted by atomic mass is 28.4. The van der Waals surface area contributed by atoms with Crippen LogP contribution in [0.25, 0.3) is 0 Å². The number of hydrogen-bond donors (Lipinski definition) is 0. The van der Waals surface area contributed by atoms with E-state index in [1.165, 1.54) is 24.0 Å². The molecule has 0 saturated heterocycles. The molecule has 0 heterocycles. The third-order valence-electron chi connectivity index (χ3n) is 4.28. The maximum atomic E-state index is 9.80. The lowest BCUT2D eigenvalue weighted by Crippen LogP contribution is -2.38. The fourth-order valence-electron chi connectivity index (χ4n) is 3.45. The van der Waals surface area contributed by atoms with Crippen molar-refractivity contribution in [3.05, 3.63) is 34.9 Å². The molecule has 0 amide bonds. The molecule has 3 rings (SSSR count). The molecule has 1 saturated carbocycles. The summed E-state index contributed by atoms with van der Waals surface area (Å²) in [6, 6.07) is 9.03. The largest absolute Gasteiger partial charge is 0.396 e. The van der Waals surface area contributed by atoms with Crippen LogP contribution in [-0.2, 0) is 15.4 Å². The van der Waals surface area contributed by atoms with Crippen LogP contribution in [0, 0.1) is 18.3 Å². The summed E-state index contributed by atoms with van der Waals surface area (Å²) in [5.74, 6) is 0. The minimum atomic E-state index is -1.75. The van der Waals surface area contributed by atoms with Gasteiger partial charge in [-0.2, -0.15) is 5.26 Å². The second-order valence-corrected chi connectivity index (χ2v) is 11.6. The fraction of sp³-hybridized carbons (Fsp3) is 0.562. The van der Waals surface area contributed by atoms with Crippen LogP contribution in [0.15, 0.2) is 18.2 Å². The molecule has 1 spiro atoms. The minimum absolute atomic E-state index is 0.247. The molecule has 0 aromatic heterocycles. The maximum Gasteiger partial charge on any atom is 0.186 e. The van der Waals surface area contributed by atoms with Crippen molar-refractivity contribution in [3.63, 3.8) is 0 Å². The first kappa shape index (κ1) is 12.9. The first-order valence-corrected chi connectivity index (χ1v) is 10.4. The van der Waals surface area contributed by atoms with E-state index in [1.54, 1.807) is 0 Å². The van der Waals surface area contributed by atoms with Gasteiger partial charge in [0.25, 0.3) is 0 Å². The van der Waals surface area contributed by atoms with Crippen molar-refractivity contribution in [2.75, 3.05) is 0 Å². The number of aryl methyl sites for hydroxylation is 1. The van der Waals surface area contributed by atoms with E-state index in [-0.39, 0.29) is 5.41 Å². The Bertz CT molecular complexity index is 577. The van der Waals surface area contributed by atoms with Gasteiger partial charge in [-0.3, -0.25) is 0 Å². The molecule has 1 atom stereocenters. The zero-order valence-corrected chi connectivity index (χ0v) is 13.2. The van der Waals surface area contributed by atoms with E-state index >= 15 is 0 Å². The first-order valence-electron chi connectivity index (χ1n) is 7.03. The molecule has 100 valence electrons. The summed E-state index contributed by atoms with van der Waals surface area (Å²) in [4.78, 5) is 0. The van der Waals surface area contributed by atoms with Gasteiger partial charge in [0.05, 0.1) is 0 Å². The van der Waals surface area contributed by atoms with Gasteiger partial charge < -0.3 is 4.43 Å². The molecule has 1 unspecified atom stereocenters. The molecule has 3 heteroatoms. The van der Waals surface area contributed by atoms with Crippen LogP contribution in [0.4, 0.5) is 0 Å². The summed E-state index contributed by atoms with van der Waals surface area (Å²) >= 11 is 0. The molecule has 0 N–H and O–H groups in total. The van der Waals surface area contributed by atoms with Gasteiger partial charge in [0, 0.05) is 12.0 Å². The van der Waals surface area contributed by atoms with E-state index < -0.39 is 13.9 Å². The Hall–Kier alpha value is -1.11. The van der Waals surface area contributed by atoms with Crippen LogP contribution in [0.1, 0.15) is 36.0 Å². The van der Waals surface area contributed by atoms with Crippen molar-refractivity contribution in [2.24, 2.45) is 0 Å². The molecular formula is C16H21NOSi. The van der Waals surface area contributed by atoms with Gasteiger partial charge >= 0.3 is 0 Å². The Labute approximate surface area is 116 Å². The predicted octanol–water partition coefficient (Wildman–Crippen LogP) is 4.00. The summed E-state index contributed by atoms with van der Waals surface area (Å²) in [5, 5.41) is 9.80. The van der Waals surface area contributed by atoms with E-state index in [2.05, 4.69) is 50.8 Å². The summed E-state index contributed by atoms with van der Waals surface area (Å²) in [6.45, 7) is 8.62. The number of hydrogen-bond acceptors (Lipinski definition) is 2. The van der Waals surface area contributed by atoms with Crippen LogP contribution in [0.3, 0.4) is 0 Å². The molecule has 1 aromatic rings. The van der Waals surface area contributed by atoms with E-state index in [9.17, 15) is 5.26 Å². The normalized spacial score (nSPS) is 27.1. The highest BCUT2D eigenvalue weighted by Crippen LogP contribution is 2.63. The van der Waals surface area contributed by atoms with Crippen molar-refractivity contribution < 1.29 is 4.43 Å². The van der Waals surface area contributed by atoms with Crippen LogP contribution in [-0.4, -0.2) is 8.32 Å². The second kappa shape index (κ2) is 3.71. The maximum absolute atomic E-state index is 9.80. The molecule has 2 aliphatic carbocycles. The molecule has 0 radical (unpaired) electrons. The molecule has 0 bridgehead atoms. The van der Waals surface area contributed by atoms with Crippen LogP contribution >= 0.6 is 0 Å². The molecule has 1 aromatic carbocycles. The van der Waals surface area contributed by atoms with Crippen molar-refractivity contribution >= 4 is 8.32 Å². The van der Waals surface area contributed by atoms with E-state index in [0.29, 0.717) is 0 Å². The third-order valence-corrected chi connectivity index (χ3v) is 5.24. The zero-order chi connectivity index (χ0) is 13.9. The monoisotopic (exact) mass is 271 g/mol. The van der Waals surface area contributed by atoms with Crippen molar-refractivity contribution in [2.45, 2.75) is 56.8 Å². The smallest absolute Gasteiger partial charge is 0.186 e. The Morgan fingerprint density at radius 1 is 1.21 bits per heavy atom. The van der Waals surface area contributed by atoms with Gasteiger partial charge in [-0.05, 0) is 50.4 Å². The average Bonchev–Trinajstić information content (AvgIpc) is 3.01. The van der Waals surface area contributed by atoms with Gasteiger partial charge in [0.15, 0.2) is 13.9 Å². The van der Waals surface area contributed by atoms with Crippen molar-refractivity contribution in [1.29, 1.82) is 5.26 Å². The van der Waals surface area contributed by atoms with Gasteiger partial charge in [0.1, 0.15) is 6.07 Å². The van der Waals surface area contributed by atoms with E-state index in [4.69, 9.17) is 4.43 Å². The number of rotatable bonds is 2. The third kappa shape index (κ3) is 1.94. The topological polar surface area (TPSA) is 33.0 Å². The van der Waals surface area contributed by atoms with Gasteiger partial charge in [-0.1, -0.05) is 23.8 Å². The SMILES string of the molecule is Cc1ccc2c(c1)C1(CC1)CC2(C#N)O[Si](C)(C)C. The van der Waals surface area contributed by atoms with E-state index in [0.717, 1.165) is 12.0 Å². The van der Waals surface area contributed by atoms with Crippen molar-refractivity contribution in [3.8, 4) is 6.07 Å². The van der Waals surface area contributed by atoms with Gasteiger partial charge in [0.2, 0.25) is 0 Å². The number of nitriles is 1. The van der Waals surface area contributed by atoms with Crippen molar-refractivity contribution in [1.82, 2.24) is 0 Å². The molecule has 0 aliphatic heterocycles. The molecule has 2 nitrogen and oxygen atoms in total. The number of benzene rings is 1. The van der Waals surface area contributed by atoms with E-state index in [1.807, 2.05) is 0 Å². The highest BCUT2D eigenvalue weighted by Gasteiger charge is 2.60. The van der Waals surface area contributed by atoms with Crippen LogP contribution in [0.2, 0.25) is 19.6 Å². The zero-order valence-electron chi connectivity index (χ0n) is 12.2. The molecule has 2 aliphatic rings. The lowest BCUT2D eigenvalue weighted by molar-refractivity contribution is 0.112. The highest BCUT2D eigenvalue weighted by molar-refractivity contribution is 6.69. The van der Waals surface area contributed by atoms with Crippen LogP contribution in [0.5, 0.6) is 0 Å². The average molecular weight is 271 g/mol. The van der Waals surface area contributed by atoms with Gasteiger partial charge in [-0.15, -0.1) is 0 Å². The first-order chi connectivity index (χ1) is 8.80. The minimum Gasteiger partial charge on any atom is -0.396 e.